The molecular weight excluding hydrogens is 272 g/mol. The van der Waals surface area contributed by atoms with Crippen LogP contribution in [0.15, 0.2) is 35.8 Å². The number of hydrogen-bond acceptors (Lipinski definition) is 4. The van der Waals surface area contributed by atoms with Crippen LogP contribution in [0.4, 0.5) is 5.69 Å². The minimum Gasteiger partial charge on any atom is -0.474 e. The van der Waals surface area contributed by atoms with Crippen molar-refractivity contribution in [3.05, 3.63) is 40.7 Å². The number of carbonyl (C=O) groups is 1. The molecule has 104 valence electrons. The Balaban J connectivity index is 1.60. The molecule has 1 aliphatic rings. The maximum Gasteiger partial charge on any atom is 0.238 e. The fraction of sp³-hybridized carbons (Fsp3) is 0.333. The SMILES string of the molecule is O=C(CCCc1cccs1)N1CCOc2ncccc21. The first kappa shape index (κ1) is 13.1. The number of aryl methyl sites for hydroxylation is 1. The van der Waals surface area contributed by atoms with Crippen molar-refractivity contribution in [2.24, 2.45) is 0 Å². The normalized spacial score (nSPS) is 13.7. The van der Waals surface area contributed by atoms with Gasteiger partial charge in [-0.05, 0) is 36.4 Å². The summed E-state index contributed by atoms with van der Waals surface area (Å²) < 4.78 is 5.46. The minimum atomic E-state index is 0.152. The number of hydrogen-bond donors (Lipinski definition) is 0. The molecular formula is C15H16N2O2S. The van der Waals surface area contributed by atoms with E-state index < -0.39 is 0 Å². The van der Waals surface area contributed by atoms with Crippen LogP contribution in [0.5, 0.6) is 5.88 Å². The van der Waals surface area contributed by atoms with Crippen LogP contribution in [-0.4, -0.2) is 24.0 Å². The van der Waals surface area contributed by atoms with Crippen molar-refractivity contribution in [1.82, 2.24) is 4.98 Å². The maximum atomic E-state index is 12.3. The molecule has 0 unspecified atom stereocenters. The molecule has 0 fully saturated rings. The van der Waals surface area contributed by atoms with Crippen molar-refractivity contribution in [3.63, 3.8) is 0 Å². The quantitative estimate of drug-likeness (QED) is 0.868. The Kier molecular flexibility index (Phi) is 3.97. The van der Waals surface area contributed by atoms with Gasteiger partial charge in [-0.2, -0.15) is 0 Å². The third-order valence-electron chi connectivity index (χ3n) is 3.29. The molecule has 2 aromatic rings. The van der Waals surface area contributed by atoms with E-state index in [1.54, 1.807) is 22.4 Å². The van der Waals surface area contributed by atoms with Crippen LogP contribution in [0, 0.1) is 0 Å². The number of aromatic nitrogens is 1. The van der Waals surface area contributed by atoms with Crippen molar-refractivity contribution in [2.75, 3.05) is 18.1 Å². The molecule has 0 spiro atoms. The summed E-state index contributed by atoms with van der Waals surface area (Å²) >= 11 is 1.74. The van der Waals surface area contributed by atoms with E-state index in [4.69, 9.17) is 4.74 Å². The van der Waals surface area contributed by atoms with Crippen LogP contribution >= 0.6 is 11.3 Å². The third-order valence-corrected chi connectivity index (χ3v) is 4.23. The molecule has 0 saturated carbocycles. The minimum absolute atomic E-state index is 0.152. The predicted octanol–water partition coefficient (Wildman–Crippen LogP) is 2.89. The molecule has 3 heterocycles. The van der Waals surface area contributed by atoms with Crippen molar-refractivity contribution < 1.29 is 9.53 Å². The zero-order valence-electron chi connectivity index (χ0n) is 11.1. The number of fused-ring (bicyclic) bond motifs is 1. The van der Waals surface area contributed by atoms with Gasteiger partial charge in [0.1, 0.15) is 12.3 Å². The summed E-state index contributed by atoms with van der Waals surface area (Å²) in [5.41, 5.74) is 0.792. The molecule has 20 heavy (non-hydrogen) atoms. The van der Waals surface area contributed by atoms with Crippen molar-refractivity contribution in [2.45, 2.75) is 19.3 Å². The fourth-order valence-electron chi connectivity index (χ4n) is 2.32. The summed E-state index contributed by atoms with van der Waals surface area (Å²) in [6.07, 6.45) is 4.09. The third kappa shape index (κ3) is 2.82. The molecule has 0 saturated heterocycles. The monoisotopic (exact) mass is 288 g/mol. The van der Waals surface area contributed by atoms with Crippen LogP contribution in [0.2, 0.25) is 0 Å². The van der Waals surface area contributed by atoms with Gasteiger partial charge >= 0.3 is 0 Å². The topological polar surface area (TPSA) is 42.4 Å². The van der Waals surface area contributed by atoms with Gasteiger partial charge in [0.25, 0.3) is 0 Å². The predicted molar refractivity (Wildman–Crippen MR) is 79.3 cm³/mol. The van der Waals surface area contributed by atoms with Crippen LogP contribution < -0.4 is 9.64 Å². The molecule has 0 radical (unpaired) electrons. The Labute approximate surface area is 122 Å². The zero-order chi connectivity index (χ0) is 13.8. The summed E-state index contributed by atoms with van der Waals surface area (Å²) in [7, 11) is 0. The van der Waals surface area contributed by atoms with Crippen LogP contribution in [0.25, 0.3) is 0 Å². The summed E-state index contributed by atoms with van der Waals surface area (Å²) in [6, 6.07) is 7.88. The first-order valence-electron chi connectivity index (χ1n) is 6.75. The van der Waals surface area contributed by atoms with Crippen molar-refractivity contribution >= 4 is 22.9 Å². The Hall–Kier alpha value is -1.88. The highest BCUT2D eigenvalue weighted by Gasteiger charge is 2.23. The standard InChI is InChI=1S/C15H16N2O2S/c18-14(7-1-4-12-5-3-11-20-12)17-9-10-19-15-13(17)6-2-8-16-15/h2-3,5-6,8,11H,1,4,7,9-10H2. The van der Waals surface area contributed by atoms with E-state index in [0.29, 0.717) is 25.5 Å². The first-order valence-corrected chi connectivity index (χ1v) is 7.63. The van der Waals surface area contributed by atoms with E-state index in [9.17, 15) is 4.79 Å². The lowest BCUT2D eigenvalue weighted by Gasteiger charge is -2.28. The summed E-state index contributed by atoms with van der Waals surface area (Å²) in [6.45, 7) is 1.12. The molecule has 0 aromatic carbocycles. The molecule has 0 aliphatic carbocycles. The van der Waals surface area contributed by atoms with E-state index in [2.05, 4.69) is 16.4 Å². The van der Waals surface area contributed by atoms with Crippen molar-refractivity contribution in [1.29, 1.82) is 0 Å². The number of thiophene rings is 1. The average molecular weight is 288 g/mol. The fourth-order valence-corrected chi connectivity index (χ4v) is 3.07. The number of nitrogens with zero attached hydrogens (tertiary/aromatic N) is 2. The number of ether oxygens (including phenoxy) is 1. The molecule has 0 atom stereocenters. The van der Waals surface area contributed by atoms with Gasteiger partial charge in [-0.15, -0.1) is 11.3 Å². The van der Waals surface area contributed by atoms with Gasteiger partial charge in [0.15, 0.2) is 0 Å². The second-order valence-electron chi connectivity index (χ2n) is 4.65. The van der Waals surface area contributed by atoms with Gasteiger partial charge in [-0.25, -0.2) is 4.98 Å². The van der Waals surface area contributed by atoms with E-state index >= 15 is 0 Å². The molecule has 3 rings (SSSR count). The van der Waals surface area contributed by atoms with E-state index in [-0.39, 0.29) is 5.91 Å². The van der Waals surface area contributed by atoms with Crippen LogP contribution in [0.3, 0.4) is 0 Å². The van der Waals surface area contributed by atoms with Gasteiger partial charge in [-0.3, -0.25) is 4.79 Å². The molecule has 5 heteroatoms. The number of pyridine rings is 1. The lowest BCUT2D eigenvalue weighted by molar-refractivity contribution is -0.119. The van der Waals surface area contributed by atoms with Crippen LogP contribution in [0.1, 0.15) is 17.7 Å². The average Bonchev–Trinajstić information content (AvgIpc) is 3.00. The summed E-state index contributed by atoms with van der Waals surface area (Å²) in [5.74, 6) is 0.712. The first-order chi connectivity index (χ1) is 9.84. The number of anilines is 1. The largest absolute Gasteiger partial charge is 0.474 e. The highest BCUT2D eigenvalue weighted by Crippen LogP contribution is 2.29. The zero-order valence-corrected chi connectivity index (χ0v) is 11.9. The van der Waals surface area contributed by atoms with E-state index in [1.807, 2.05) is 18.2 Å². The Bertz CT molecular complexity index is 583. The second-order valence-corrected chi connectivity index (χ2v) is 5.69. The number of carbonyl (C=O) groups excluding carboxylic acids is 1. The Morgan fingerprint density at radius 3 is 3.20 bits per heavy atom. The second kappa shape index (κ2) is 6.05. The number of rotatable bonds is 4. The lowest BCUT2D eigenvalue weighted by atomic mass is 10.2. The Morgan fingerprint density at radius 2 is 2.35 bits per heavy atom. The highest BCUT2D eigenvalue weighted by atomic mass is 32.1. The molecule has 2 aromatic heterocycles. The van der Waals surface area contributed by atoms with Crippen molar-refractivity contribution in [3.8, 4) is 5.88 Å². The molecule has 1 aliphatic heterocycles. The van der Waals surface area contributed by atoms with Gasteiger partial charge in [0.2, 0.25) is 11.8 Å². The smallest absolute Gasteiger partial charge is 0.238 e. The van der Waals surface area contributed by atoms with E-state index in [1.165, 1.54) is 4.88 Å². The molecule has 0 N–H and O–H groups in total. The van der Waals surface area contributed by atoms with Gasteiger partial charge in [0.05, 0.1) is 6.54 Å². The van der Waals surface area contributed by atoms with E-state index in [0.717, 1.165) is 18.5 Å². The maximum absolute atomic E-state index is 12.3. The summed E-state index contributed by atoms with van der Waals surface area (Å²) in [5, 5.41) is 2.07. The Morgan fingerprint density at radius 1 is 1.40 bits per heavy atom. The van der Waals surface area contributed by atoms with Gasteiger partial charge < -0.3 is 9.64 Å². The highest BCUT2D eigenvalue weighted by molar-refractivity contribution is 7.09. The summed E-state index contributed by atoms with van der Waals surface area (Å²) in [4.78, 5) is 19.6. The van der Waals surface area contributed by atoms with Gasteiger partial charge in [0, 0.05) is 17.5 Å². The molecule has 4 nitrogen and oxygen atoms in total. The van der Waals surface area contributed by atoms with Gasteiger partial charge in [-0.1, -0.05) is 6.07 Å². The molecule has 1 amide bonds. The lowest BCUT2D eigenvalue weighted by Crippen LogP contribution is -2.38. The number of amides is 1. The van der Waals surface area contributed by atoms with Crippen LogP contribution in [-0.2, 0) is 11.2 Å². The molecule has 0 bridgehead atoms.